The highest BCUT2D eigenvalue weighted by Crippen LogP contribution is 2.10. The third kappa shape index (κ3) is 3.36. The van der Waals surface area contributed by atoms with Gasteiger partial charge in [0, 0.05) is 12.7 Å². The maximum atomic E-state index is 8.49. The minimum Gasteiger partial charge on any atom is -0.497 e. The summed E-state index contributed by atoms with van der Waals surface area (Å²) in [6.07, 6.45) is 1.41. The predicted molar refractivity (Wildman–Crippen MR) is 59.1 cm³/mol. The smallest absolute Gasteiger partial charge is 0.145 e. The van der Waals surface area contributed by atoms with Gasteiger partial charge in [0.15, 0.2) is 0 Å². The van der Waals surface area contributed by atoms with E-state index in [-0.39, 0.29) is 5.57 Å². The Morgan fingerprint density at radius 2 is 1.94 bits per heavy atom. The van der Waals surface area contributed by atoms with Crippen LogP contribution in [-0.2, 0) is 6.54 Å². The van der Waals surface area contributed by atoms with Gasteiger partial charge in [-0.15, -0.1) is 0 Å². The van der Waals surface area contributed by atoms with Crippen LogP contribution in [0.1, 0.15) is 5.56 Å². The molecule has 1 aromatic rings. The molecule has 1 N–H and O–H groups in total. The molecule has 0 radical (unpaired) electrons. The van der Waals surface area contributed by atoms with Gasteiger partial charge in [-0.2, -0.15) is 10.5 Å². The molecule has 0 amide bonds. The summed E-state index contributed by atoms with van der Waals surface area (Å²) < 4.78 is 5.03. The Labute approximate surface area is 94.4 Å². The number of nitrogens with one attached hydrogen (secondary N) is 1. The summed E-state index contributed by atoms with van der Waals surface area (Å²) in [6, 6.07) is 11.1. The number of rotatable bonds is 4. The van der Waals surface area contributed by atoms with Gasteiger partial charge in [-0.3, -0.25) is 0 Å². The predicted octanol–water partition coefficient (Wildman–Crippen LogP) is 1.72. The van der Waals surface area contributed by atoms with Gasteiger partial charge in [0.1, 0.15) is 23.5 Å². The first-order chi connectivity index (χ1) is 7.80. The minimum atomic E-state index is 0.0634. The molecular formula is C12H11N3O. The Morgan fingerprint density at radius 3 is 2.44 bits per heavy atom. The Kier molecular flexibility index (Phi) is 4.43. The second-order valence-corrected chi connectivity index (χ2v) is 3.01. The van der Waals surface area contributed by atoms with Crippen molar-refractivity contribution in [1.29, 1.82) is 10.5 Å². The molecule has 0 aliphatic rings. The van der Waals surface area contributed by atoms with Crippen molar-refractivity contribution in [2.75, 3.05) is 7.11 Å². The van der Waals surface area contributed by atoms with Crippen molar-refractivity contribution in [3.63, 3.8) is 0 Å². The molecule has 0 bridgehead atoms. The molecule has 0 aliphatic carbocycles. The van der Waals surface area contributed by atoms with Gasteiger partial charge in [0.25, 0.3) is 0 Å². The molecule has 0 aliphatic heterocycles. The van der Waals surface area contributed by atoms with Crippen LogP contribution in [0, 0.1) is 22.7 Å². The minimum absolute atomic E-state index is 0.0634. The van der Waals surface area contributed by atoms with Crippen molar-refractivity contribution in [2.45, 2.75) is 6.54 Å². The summed E-state index contributed by atoms with van der Waals surface area (Å²) in [4.78, 5) is 0. The van der Waals surface area contributed by atoms with E-state index in [1.807, 2.05) is 24.3 Å². The van der Waals surface area contributed by atoms with Crippen LogP contribution in [0.5, 0.6) is 5.75 Å². The Hall–Kier alpha value is -2.46. The summed E-state index contributed by atoms with van der Waals surface area (Å²) in [5.74, 6) is 0.800. The molecular weight excluding hydrogens is 202 g/mol. The van der Waals surface area contributed by atoms with E-state index >= 15 is 0 Å². The number of nitrogens with zero attached hydrogens (tertiary/aromatic N) is 2. The highest BCUT2D eigenvalue weighted by molar-refractivity contribution is 5.34. The maximum absolute atomic E-state index is 8.49. The van der Waals surface area contributed by atoms with Gasteiger partial charge < -0.3 is 10.1 Å². The molecule has 80 valence electrons. The molecule has 1 aromatic carbocycles. The number of nitriles is 2. The summed E-state index contributed by atoms with van der Waals surface area (Å²) >= 11 is 0. The number of hydrogen-bond donors (Lipinski definition) is 1. The SMILES string of the molecule is COc1ccc(CNC=C(C#N)C#N)cc1. The first kappa shape index (κ1) is 11.6. The zero-order valence-electron chi connectivity index (χ0n) is 8.90. The van der Waals surface area contributed by atoms with E-state index in [1.54, 1.807) is 19.2 Å². The second kappa shape index (κ2) is 6.10. The van der Waals surface area contributed by atoms with Crippen molar-refractivity contribution in [3.05, 3.63) is 41.6 Å². The largest absolute Gasteiger partial charge is 0.497 e. The monoisotopic (exact) mass is 213 g/mol. The van der Waals surface area contributed by atoms with Crippen LogP contribution in [0.3, 0.4) is 0 Å². The molecule has 0 saturated heterocycles. The lowest BCUT2D eigenvalue weighted by atomic mass is 10.2. The van der Waals surface area contributed by atoms with Crippen molar-refractivity contribution in [3.8, 4) is 17.9 Å². The number of benzene rings is 1. The van der Waals surface area contributed by atoms with Crippen LogP contribution in [-0.4, -0.2) is 7.11 Å². The highest BCUT2D eigenvalue weighted by Gasteiger charge is 1.94. The first-order valence-electron chi connectivity index (χ1n) is 4.67. The van der Waals surface area contributed by atoms with Crippen LogP contribution in [0.2, 0.25) is 0 Å². The van der Waals surface area contributed by atoms with E-state index in [9.17, 15) is 0 Å². The van der Waals surface area contributed by atoms with E-state index in [2.05, 4.69) is 5.32 Å². The lowest BCUT2D eigenvalue weighted by molar-refractivity contribution is 0.414. The Morgan fingerprint density at radius 1 is 1.31 bits per heavy atom. The van der Waals surface area contributed by atoms with Gasteiger partial charge in [-0.05, 0) is 17.7 Å². The fourth-order valence-electron chi connectivity index (χ4n) is 1.10. The lowest BCUT2D eigenvalue weighted by Gasteiger charge is -2.03. The van der Waals surface area contributed by atoms with E-state index in [4.69, 9.17) is 15.3 Å². The molecule has 4 heteroatoms. The van der Waals surface area contributed by atoms with Crippen LogP contribution in [0.15, 0.2) is 36.0 Å². The number of methoxy groups -OCH3 is 1. The summed E-state index contributed by atoms with van der Waals surface area (Å²) in [5, 5.41) is 19.9. The summed E-state index contributed by atoms with van der Waals surface area (Å²) in [7, 11) is 1.61. The van der Waals surface area contributed by atoms with Crippen molar-refractivity contribution in [1.82, 2.24) is 5.32 Å². The van der Waals surface area contributed by atoms with Crippen LogP contribution >= 0.6 is 0 Å². The molecule has 0 unspecified atom stereocenters. The first-order valence-corrected chi connectivity index (χ1v) is 4.67. The topological polar surface area (TPSA) is 68.8 Å². The van der Waals surface area contributed by atoms with E-state index in [0.717, 1.165) is 11.3 Å². The number of allylic oxidation sites excluding steroid dienone is 1. The van der Waals surface area contributed by atoms with E-state index in [1.165, 1.54) is 6.20 Å². The maximum Gasteiger partial charge on any atom is 0.145 e. The summed E-state index contributed by atoms with van der Waals surface area (Å²) in [6.45, 7) is 0.566. The zero-order chi connectivity index (χ0) is 11.8. The molecule has 0 heterocycles. The highest BCUT2D eigenvalue weighted by atomic mass is 16.5. The third-order valence-electron chi connectivity index (χ3n) is 1.95. The molecule has 16 heavy (non-hydrogen) atoms. The Bertz CT molecular complexity index is 433. The van der Waals surface area contributed by atoms with Crippen LogP contribution in [0.25, 0.3) is 0 Å². The number of ether oxygens (including phenoxy) is 1. The van der Waals surface area contributed by atoms with E-state index < -0.39 is 0 Å². The molecule has 0 fully saturated rings. The van der Waals surface area contributed by atoms with Gasteiger partial charge >= 0.3 is 0 Å². The van der Waals surface area contributed by atoms with E-state index in [0.29, 0.717) is 6.54 Å². The van der Waals surface area contributed by atoms with Gasteiger partial charge in [-0.25, -0.2) is 0 Å². The summed E-state index contributed by atoms with van der Waals surface area (Å²) in [5.41, 5.74) is 1.11. The van der Waals surface area contributed by atoms with Crippen molar-refractivity contribution >= 4 is 0 Å². The Balaban J connectivity index is 2.53. The normalized spacial score (nSPS) is 8.44. The molecule has 0 aromatic heterocycles. The van der Waals surface area contributed by atoms with Crippen molar-refractivity contribution in [2.24, 2.45) is 0 Å². The lowest BCUT2D eigenvalue weighted by Crippen LogP contribution is -2.05. The quantitative estimate of drug-likeness (QED) is 0.773. The third-order valence-corrected chi connectivity index (χ3v) is 1.95. The fraction of sp³-hybridized carbons (Fsp3) is 0.167. The average molecular weight is 213 g/mol. The molecule has 0 atom stereocenters. The van der Waals surface area contributed by atoms with Gasteiger partial charge in [0.05, 0.1) is 7.11 Å². The van der Waals surface area contributed by atoms with Gasteiger partial charge in [-0.1, -0.05) is 12.1 Å². The number of hydrogen-bond acceptors (Lipinski definition) is 4. The molecule has 0 spiro atoms. The second-order valence-electron chi connectivity index (χ2n) is 3.01. The van der Waals surface area contributed by atoms with Crippen LogP contribution in [0.4, 0.5) is 0 Å². The molecule has 0 saturated carbocycles. The molecule has 4 nitrogen and oxygen atoms in total. The fourth-order valence-corrected chi connectivity index (χ4v) is 1.10. The molecule has 1 rings (SSSR count). The standard InChI is InChI=1S/C12H11N3O/c1-16-12-4-2-10(3-5-12)8-15-9-11(6-13)7-14/h2-5,9,15H,8H2,1H3. The van der Waals surface area contributed by atoms with Crippen LogP contribution < -0.4 is 10.1 Å². The average Bonchev–Trinajstić information content (AvgIpc) is 2.35. The van der Waals surface area contributed by atoms with Crippen molar-refractivity contribution < 1.29 is 4.74 Å². The van der Waals surface area contributed by atoms with Gasteiger partial charge in [0.2, 0.25) is 0 Å². The zero-order valence-corrected chi connectivity index (χ0v) is 8.90.